The molecule has 0 heterocycles. The van der Waals surface area contributed by atoms with Gasteiger partial charge in [-0.3, -0.25) is 0 Å². The smallest absolute Gasteiger partial charge is 0.0616 e. The van der Waals surface area contributed by atoms with Crippen LogP contribution in [0.4, 0.5) is 0 Å². The average molecular weight is 247 g/mol. The van der Waals surface area contributed by atoms with E-state index in [2.05, 4.69) is 37.4 Å². The van der Waals surface area contributed by atoms with Crippen LogP contribution in [0.5, 0.6) is 0 Å². The van der Waals surface area contributed by atoms with Crippen molar-refractivity contribution in [2.45, 2.75) is 51.6 Å². The SMILES string of the molecule is CCCC(COC)NC1CCc2ccc(C)cc21. The first-order valence-corrected chi connectivity index (χ1v) is 7.09. The quantitative estimate of drug-likeness (QED) is 0.832. The Labute approximate surface area is 111 Å². The Morgan fingerprint density at radius 2 is 2.28 bits per heavy atom. The summed E-state index contributed by atoms with van der Waals surface area (Å²) in [6.07, 6.45) is 4.82. The topological polar surface area (TPSA) is 21.3 Å². The minimum Gasteiger partial charge on any atom is -0.383 e. The van der Waals surface area contributed by atoms with Gasteiger partial charge in [0.2, 0.25) is 0 Å². The van der Waals surface area contributed by atoms with Gasteiger partial charge in [0.1, 0.15) is 0 Å². The van der Waals surface area contributed by atoms with E-state index in [0.29, 0.717) is 12.1 Å². The lowest BCUT2D eigenvalue weighted by molar-refractivity contribution is 0.155. The molecule has 1 aliphatic rings. The molecule has 0 aliphatic heterocycles. The van der Waals surface area contributed by atoms with E-state index in [-0.39, 0.29) is 0 Å². The van der Waals surface area contributed by atoms with Gasteiger partial charge in [-0.2, -0.15) is 0 Å². The summed E-state index contributed by atoms with van der Waals surface area (Å²) in [6.45, 7) is 5.22. The first kappa shape index (κ1) is 13.6. The molecule has 0 bridgehead atoms. The standard InChI is InChI=1S/C16H25NO/c1-4-5-14(11-18-3)17-16-9-8-13-7-6-12(2)10-15(13)16/h6-7,10,14,16-17H,4-5,8-9,11H2,1-3H3. The summed E-state index contributed by atoms with van der Waals surface area (Å²) in [4.78, 5) is 0. The van der Waals surface area contributed by atoms with Gasteiger partial charge in [-0.1, -0.05) is 37.1 Å². The molecule has 2 rings (SSSR count). The molecule has 2 atom stereocenters. The zero-order chi connectivity index (χ0) is 13.0. The summed E-state index contributed by atoms with van der Waals surface area (Å²) in [7, 11) is 1.79. The lowest BCUT2D eigenvalue weighted by Gasteiger charge is -2.23. The van der Waals surface area contributed by atoms with Crippen LogP contribution < -0.4 is 5.32 Å². The molecule has 0 saturated heterocycles. The van der Waals surface area contributed by atoms with Crippen molar-refractivity contribution < 1.29 is 4.74 Å². The van der Waals surface area contributed by atoms with Gasteiger partial charge < -0.3 is 10.1 Å². The Morgan fingerprint density at radius 3 is 3.00 bits per heavy atom. The summed E-state index contributed by atoms with van der Waals surface area (Å²) in [6, 6.07) is 7.86. The van der Waals surface area contributed by atoms with Gasteiger partial charge in [-0.05, 0) is 37.3 Å². The number of rotatable bonds is 6. The van der Waals surface area contributed by atoms with Crippen LogP contribution in [0, 0.1) is 6.92 Å². The van der Waals surface area contributed by atoms with E-state index >= 15 is 0 Å². The number of hydrogen-bond acceptors (Lipinski definition) is 2. The van der Waals surface area contributed by atoms with Crippen LogP contribution in [0.1, 0.15) is 48.9 Å². The number of fused-ring (bicyclic) bond motifs is 1. The number of methoxy groups -OCH3 is 1. The molecular weight excluding hydrogens is 222 g/mol. The van der Waals surface area contributed by atoms with Crippen LogP contribution in [0.2, 0.25) is 0 Å². The van der Waals surface area contributed by atoms with Crippen LogP contribution in [0.15, 0.2) is 18.2 Å². The molecule has 0 fully saturated rings. The molecule has 2 nitrogen and oxygen atoms in total. The Bertz CT molecular complexity index is 383. The number of aryl methyl sites for hydroxylation is 2. The van der Waals surface area contributed by atoms with Gasteiger partial charge in [0.05, 0.1) is 6.61 Å². The molecule has 0 amide bonds. The lowest BCUT2D eigenvalue weighted by atomic mass is 10.0. The van der Waals surface area contributed by atoms with E-state index < -0.39 is 0 Å². The molecule has 1 aromatic carbocycles. The molecular formula is C16H25NO. The Morgan fingerprint density at radius 1 is 1.44 bits per heavy atom. The second kappa shape index (κ2) is 6.35. The first-order valence-electron chi connectivity index (χ1n) is 7.09. The molecule has 1 N–H and O–H groups in total. The van der Waals surface area contributed by atoms with Gasteiger partial charge in [0, 0.05) is 19.2 Å². The monoisotopic (exact) mass is 247 g/mol. The van der Waals surface area contributed by atoms with E-state index in [1.54, 1.807) is 7.11 Å². The highest BCUT2D eigenvalue weighted by Gasteiger charge is 2.24. The van der Waals surface area contributed by atoms with Crippen molar-refractivity contribution in [1.29, 1.82) is 0 Å². The highest BCUT2D eigenvalue weighted by molar-refractivity contribution is 5.37. The fraction of sp³-hybridized carbons (Fsp3) is 0.625. The van der Waals surface area contributed by atoms with Crippen molar-refractivity contribution in [3.63, 3.8) is 0 Å². The highest BCUT2D eigenvalue weighted by atomic mass is 16.5. The lowest BCUT2D eigenvalue weighted by Crippen LogP contribution is -2.35. The summed E-state index contributed by atoms with van der Waals surface area (Å²) in [5.41, 5.74) is 4.39. The maximum absolute atomic E-state index is 5.32. The highest BCUT2D eigenvalue weighted by Crippen LogP contribution is 2.32. The molecule has 0 radical (unpaired) electrons. The van der Waals surface area contributed by atoms with Crippen LogP contribution in [-0.2, 0) is 11.2 Å². The summed E-state index contributed by atoms with van der Waals surface area (Å²) < 4.78 is 5.32. The molecule has 1 aliphatic carbocycles. The molecule has 1 aromatic rings. The van der Waals surface area contributed by atoms with Gasteiger partial charge in [-0.15, -0.1) is 0 Å². The van der Waals surface area contributed by atoms with Crippen molar-refractivity contribution in [2.75, 3.05) is 13.7 Å². The first-order chi connectivity index (χ1) is 8.74. The summed E-state index contributed by atoms with van der Waals surface area (Å²) >= 11 is 0. The number of hydrogen-bond donors (Lipinski definition) is 1. The summed E-state index contributed by atoms with van der Waals surface area (Å²) in [5.74, 6) is 0. The molecule has 18 heavy (non-hydrogen) atoms. The van der Waals surface area contributed by atoms with E-state index in [9.17, 15) is 0 Å². The van der Waals surface area contributed by atoms with Crippen molar-refractivity contribution in [2.24, 2.45) is 0 Å². The predicted molar refractivity (Wildman–Crippen MR) is 75.9 cm³/mol. The van der Waals surface area contributed by atoms with Crippen LogP contribution in [0.3, 0.4) is 0 Å². The average Bonchev–Trinajstić information content (AvgIpc) is 2.73. The van der Waals surface area contributed by atoms with E-state index in [1.807, 2.05) is 0 Å². The fourth-order valence-electron chi connectivity index (χ4n) is 2.94. The van der Waals surface area contributed by atoms with Crippen molar-refractivity contribution in [3.05, 3.63) is 34.9 Å². The Kier molecular flexibility index (Phi) is 4.79. The Balaban J connectivity index is 2.05. The maximum atomic E-state index is 5.32. The molecule has 100 valence electrons. The predicted octanol–water partition coefficient (Wildman–Crippen LogP) is 3.39. The minimum atomic E-state index is 0.483. The van der Waals surface area contributed by atoms with Gasteiger partial charge >= 0.3 is 0 Å². The third-order valence-corrected chi connectivity index (χ3v) is 3.82. The van der Waals surface area contributed by atoms with E-state index in [1.165, 1.54) is 42.4 Å². The van der Waals surface area contributed by atoms with Gasteiger partial charge in [0.25, 0.3) is 0 Å². The third-order valence-electron chi connectivity index (χ3n) is 3.82. The number of nitrogens with one attached hydrogen (secondary N) is 1. The van der Waals surface area contributed by atoms with Crippen LogP contribution in [0.25, 0.3) is 0 Å². The summed E-state index contributed by atoms with van der Waals surface area (Å²) in [5, 5.41) is 3.78. The van der Waals surface area contributed by atoms with Crippen molar-refractivity contribution >= 4 is 0 Å². The second-order valence-corrected chi connectivity index (χ2v) is 5.40. The number of benzene rings is 1. The second-order valence-electron chi connectivity index (χ2n) is 5.40. The molecule has 0 spiro atoms. The number of ether oxygens (including phenoxy) is 1. The van der Waals surface area contributed by atoms with Crippen molar-refractivity contribution in [3.8, 4) is 0 Å². The molecule has 2 unspecified atom stereocenters. The molecule has 2 heteroatoms. The third kappa shape index (κ3) is 3.12. The van der Waals surface area contributed by atoms with Gasteiger partial charge in [0.15, 0.2) is 0 Å². The van der Waals surface area contributed by atoms with Gasteiger partial charge in [-0.25, -0.2) is 0 Å². The van der Waals surface area contributed by atoms with Crippen LogP contribution in [-0.4, -0.2) is 19.8 Å². The van der Waals surface area contributed by atoms with E-state index in [0.717, 1.165) is 6.61 Å². The normalized spacial score (nSPS) is 19.8. The fourth-order valence-corrected chi connectivity index (χ4v) is 2.94. The zero-order valence-corrected chi connectivity index (χ0v) is 11.8. The molecule has 0 saturated carbocycles. The largest absolute Gasteiger partial charge is 0.383 e. The van der Waals surface area contributed by atoms with Crippen molar-refractivity contribution in [1.82, 2.24) is 5.32 Å². The molecule has 0 aromatic heterocycles. The van der Waals surface area contributed by atoms with E-state index in [4.69, 9.17) is 4.74 Å². The Hall–Kier alpha value is -0.860. The zero-order valence-electron chi connectivity index (χ0n) is 11.8. The maximum Gasteiger partial charge on any atom is 0.0616 e. The minimum absolute atomic E-state index is 0.483. The van der Waals surface area contributed by atoms with Crippen LogP contribution >= 0.6 is 0 Å².